The normalized spacial score (nSPS) is 39.4. The third-order valence-corrected chi connectivity index (χ3v) is 4.92. The van der Waals surface area contributed by atoms with Gasteiger partial charge in [-0.05, 0) is 43.9 Å². The number of carbonyl (C=O) groups excluding carboxylic acids is 1. The van der Waals surface area contributed by atoms with Gasteiger partial charge in [-0.15, -0.1) is 0 Å². The number of fused-ring (bicyclic) bond motifs is 1. The molecule has 3 aliphatic carbocycles. The lowest BCUT2D eigenvalue weighted by atomic mass is 9.78. The van der Waals surface area contributed by atoms with E-state index in [2.05, 4.69) is 5.32 Å². The van der Waals surface area contributed by atoms with Crippen LogP contribution in [-0.4, -0.2) is 18.0 Å². The Morgan fingerprint density at radius 1 is 1.19 bits per heavy atom. The van der Waals surface area contributed by atoms with Crippen LogP contribution in [0, 0.1) is 17.8 Å². The fraction of sp³-hybridized carbons (Fsp3) is 0.923. The number of nitrogens with two attached hydrogens (primary N) is 1. The molecule has 0 aromatic rings. The minimum atomic E-state index is -0.0737. The van der Waals surface area contributed by atoms with Crippen molar-refractivity contribution in [2.75, 3.05) is 6.54 Å². The summed E-state index contributed by atoms with van der Waals surface area (Å²) in [6.07, 6.45) is 8.57. The molecule has 2 unspecified atom stereocenters. The maximum absolute atomic E-state index is 12.0. The molecule has 3 N–H and O–H groups in total. The number of carbonyl (C=O) groups is 1. The highest BCUT2D eigenvalue weighted by Crippen LogP contribution is 2.55. The predicted octanol–water partition coefficient (Wildman–Crippen LogP) is 1.42. The fourth-order valence-corrected chi connectivity index (χ4v) is 3.57. The molecule has 3 heteroatoms. The Balaban J connectivity index is 1.47. The molecular formula is C13H22N2O. The van der Waals surface area contributed by atoms with Crippen LogP contribution in [0.25, 0.3) is 0 Å². The van der Waals surface area contributed by atoms with E-state index in [9.17, 15) is 4.79 Å². The standard InChI is InChI=1S/C13H22N2O/c14-13(6-3-7-13)8-15-12(16)11-9-4-1-2-5-10(9)11/h9-11H,1-8,14H2,(H,15,16). The van der Waals surface area contributed by atoms with Crippen molar-refractivity contribution in [3.8, 4) is 0 Å². The average Bonchev–Trinajstić information content (AvgIpc) is 2.97. The van der Waals surface area contributed by atoms with Crippen LogP contribution in [0.3, 0.4) is 0 Å². The van der Waals surface area contributed by atoms with Gasteiger partial charge in [0, 0.05) is 18.0 Å². The van der Waals surface area contributed by atoms with Crippen LogP contribution in [0.1, 0.15) is 44.9 Å². The Kier molecular flexibility index (Phi) is 2.46. The summed E-state index contributed by atoms with van der Waals surface area (Å²) in [5.74, 6) is 2.05. The van der Waals surface area contributed by atoms with Crippen molar-refractivity contribution in [3.63, 3.8) is 0 Å². The lowest BCUT2D eigenvalue weighted by molar-refractivity contribution is -0.123. The molecule has 3 aliphatic rings. The van der Waals surface area contributed by atoms with Crippen molar-refractivity contribution in [1.82, 2.24) is 5.32 Å². The van der Waals surface area contributed by atoms with E-state index in [1.807, 2.05) is 0 Å². The summed E-state index contributed by atoms with van der Waals surface area (Å²) in [7, 11) is 0. The van der Waals surface area contributed by atoms with Gasteiger partial charge in [0.05, 0.1) is 0 Å². The van der Waals surface area contributed by atoms with Gasteiger partial charge in [0.25, 0.3) is 0 Å². The van der Waals surface area contributed by atoms with Crippen molar-refractivity contribution < 1.29 is 4.79 Å². The number of nitrogens with one attached hydrogen (secondary N) is 1. The van der Waals surface area contributed by atoms with Gasteiger partial charge in [-0.3, -0.25) is 4.79 Å². The van der Waals surface area contributed by atoms with E-state index >= 15 is 0 Å². The van der Waals surface area contributed by atoms with Gasteiger partial charge in [-0.2, -0.15) is 0 Å². The third-order valence-electron chi connectivity index (χ3n) is 4.92. The van der Waals surface area contributed by atoms with Crippen LogP contribution < -0.4 is 11.1 Å². The lowest BCUT2D eigenvalue weighted by Gasteiger charge is -2.38. The third kappa shape index (κ3) is 1.75. The second kappa shape index (κ2) is 3.73. The zero-order valence-electron chi connectivity index (χ0n) is 9.87. The zero-order valence-corrected chi connectivity index (χ0v) is 9.87. The second-order valence-electron chi connectivity index (χ2n) is 6.07. The Hall–Kier alpha value is -0.570. The molecule has 16 heavy (non-hydrogen) atoms. The summed E-state index contributed by atoms with van der Waals surface area (Å²) in [5.41, 5.74) is 6.03. The van der Waals surface area contributed by atoms with E-state index < -0.39 is 0 Å². The highest BCUT2D eigenvalue weighted by Gasteiger charge is 2.54. The Morgan fingerprint density at radius 3 is 2.31 bits per heavy atom. The zero-order chi connectivity index (χ0) is 11.2. The molecule has 0 heterocycles. The fourth-order valence-electron chi connectivity index (χ4n) is 3.57. The predicted molar refractivity (Wildman–Crippen MR) is 62.7 cm³/mol. The first kappa shape index (κ1) is 10.6. The van der Waals surface area contributed by atoms with Gasteiger partial charge >= 0.3 is 0 Å². The molecule has 0 aliphatic heterocycles. The molecule has 3 fully saturated rings. The number of amides is 1. The summed E-state index contributed by atoms with van der Waals surface area (Å²) < 4.78 is 0. The number of rotatable bonds is 3. The molecular weight excluding hydrogens is 200 g/mol. The van der Waals surface area contributed by atoms with Crippen LogP contribution in [0.4, 0.5) is 0 Å². The summed E-state index contributed by atoms with van der Waals surface area (Å²) in [5, 5.41) is 3.08. The van der Waals surface area contributed by atoms with Gasteiger partial charge in [0.1, 0.15) is 0 Å². The Morgan fingerprint density at radius 2 is 1.81 bits per heavy atom. The van der Waals surface area contributed by atoms with E-state index in [1.54, 1.807) is 0 Å². The minimum absolute atomic E-state index is 0.0737. The van der Waals surface area contributed by atoms with E-state index in [0.29, 0.717) is 24.3 Å². The topological polar surface area (TPSA) is 55.1 Å². The van der Waals surface area contributed by atoms with Crippen molar-refractivity contribution in [3.05, 3.63) is 0 Å². The monoisotopic (exact) mass is 222 g/mol. The molecule has 90 valence electrons. The van der Waals surface area contributed by atoms with Crippen molar-refractivity contribution in [1.29, 1.82) is 0 Å². The molecule has 0 radical (unpaired) electrons. The molecule has 1 amide bonds. The molecule has 0 saturated heterocycles. The van der Waals surface area contributed by atoms with Gasteiger partial charge < -0.3 is 11.1 Å². The van der Waals surface area contributed by atoms with E-state index in [0.717, 1.165) is 12.8 Å². The molecule has 3 nitrogen and oxygen atoms in total. The van der Waals surface area contributed by atoms with Crippen molar-refractivity contribution >= 4 is 5.91 Å². The quantitative estimate of drug-likeness (QED) is 0.759. The Bertz CT molecular complexity index is 286. The van der Waals surface area contributed by atoms with Gasteiger partial charge in [0.15, 0.2) is 0 Å². The lowest BCUT2D eigenvalue weighted by Crippen LogP contribution is -2.55. The maximum Gasteiger partial charge on any atom is 0.223 e. The molecule has 0 bridgehead atoms. The van der Waals surface area contributed by atoms with Gasteiger partial charge in [-0.1, -0.05) is 12.8 Å². The molecule has 0 aromatic carbocycles. The molecule has 0 aromatic heterocycles. The van der Waals surface area contributed by atoms with Crippen molar-refractivity contribution in [2.45, 2.75) is 50.5 Å². The van der Waals surface area contributed by atoms with Crippen LogP contribution in [0.2, 0.25) is 0 Å². The average molecular weight is 222 g/mol. The van der Waals surface area contributed by atoms with Crippen LogP contribution in [0.15, 0.2) is 0 Å². The first-order valence-corrected chi connectivity index (χ1v) is 6.76. The number of hydrogen-bond donors (Lipinski definition) is 2. The van der Waals surface area contributed by atoms with Crippen LogP contribution in [-0.2, 0) is 4.79 Å². The van der Waals surface area contributed by atoms with E-state index in [-0.39, 0.29) is 11.4 Å². The first-order valence-electron chi connectivity index (χ1n) is 6.76. The molecule has 0 spiro atoms. The van der Waals surface area contributed by atoms with Crippen molar-refractivity contribution in [2.24, 2.45) is 23.5 Å². The minimum Gasteiger partial charge on any atom is -0.354 e. The smallest absolute Gasteiger partial charge is 0.223 e. The SMILES string of the molecule is NC1(CNC(=O)C2C3CCCCC32)CCC1. The molecule has 3 rings (SSSR count). The second-order valence-corrected chi connectivity index (χ2v) is 6.07. The summed E-state index contributed by atoms with van der Waals surface area (Å²) in [4.78, 5) is 12.0. The van der Waals surface area contributed by atoms with E-state index in [1.165, 1.54) is 32.1 Å². The van der Waals surface area contributed by atoms with Crippen LogP contribution in [0.5, 0.6) is 0 Å². The highest BCUT2D eigenvalue weighted by molar-refractivity contribution is 5.82. The first-order chi connectivity index (χ1) is 7.70. The molecule has 2 atom stereocenters. The highest BCUT2D eigenvalue weighted by atomic mass is 16.2. The largest absolute Gasteiger partial charge is 0.354 e. The summed E-state index contributed by atoms with van der Waals surface area (Å²) in [6, 6.07) is 0. The molecule has 3 saturated carbocycles. The van der Waals surface area contributed by atoms with Gasteiger partial charge in [-0.25, -0.2) is 0 Å². The maximum atomic E-state index is 12.0. The summed E-state index contributed by atoms with van der Waals surface area (Å²) in [6.45, 7) is 0.696. The van der Waals surface area contributed by atoms with E-state index in [4.69, 9.17) is 5.73 Å². The summed E-state index contributed by atoms with van der Waals surface area (Å²) >= 11 is 0. The van der Waals surface area contributed by atoms with Crippen LogP contribution >= 0.6 is 0 Å². The number of hydrogen-bond acceptors (Lipinski definition) is 2. The Labute approximate surface area is 97.2 Å². The van der Waals surface area contributed by atoms with Gasteiger partial charge in [0.2, 0.25) is 5.91 Å².